The smallest absolute Gasteiger partial charge is 0.323 e. The maximum absolute atomic E-state index is 14.0. The van der Waals surface area contributed by atoms with Gasteiger partial charge in [-0.25, -0.2) is 9.78 Å². The first-order valence-corrected chi connectivity index (χ1v) is 13.8. The number of nitrogens with zero attached hydrogens (tertiary/aromatic N) is 2. The molecular weight excluding hydrogens is 516 g/mol. The predicted molar refractivity (Wildman–Crippen MR) is 164 cm³/mol. The zero-order valence-corrected chi connectivity index (χ0v) is 23.9. The van der Waals surface area contributed by atoms with Gasteiger partial charge in [-0.15, -0.1) is 0 Å². The number of carbonyl (C=O) groups is 1. The van der Waals surface area contributed by atoms with Crippen molar-refractivity contribution in [2.24, 2.45) is 0 Å². The Hall–Kier alpha value is -4.45. The number of hydrogen-bond donors (Lipinski definition) is 4. The SMILES string of the molecule is CC(C)c1cccc(C(C)C)c1NC(=O)Nc1c(-c2cccc(C#CCO)c2)c2cccnc2n(CCCO)c1=O. The van der Waals surface area contributed by atoms with E-state index in [4.69, 9.17) is 5.11 Å². The maximum Gasteiger partial charge on any atom is 0.323 e. The highest BCUT2D eigenvalue weighted by atomic mass is 16.3. The lowest BCUT2D eigenvalue weighted by Crippen LogP contribution is -2.30. The van der Waals surface area contributed by atoms with E-state index in [1.165, 1.54) is 4.57 Å². The number of carbonyl (C=O) groups excluding carboxylic acids is 1. The maximum atomic E-state index is 14.0. The van der Waals surface area contributed by atoms with Crippen LogP contribution < -0.4 is 16.2 Å². The first kappa shape index (κ1) is 29.5. The second-order valence-electron chi connectivity index (χ2n) is 10.4. The van der Waals surface area contributed by atoms with Crippen LogP contribution in [-0.4, -0.2) is 39.0 Å². The molecule has 0 atom stereocenters. The molecule has 4 N–H and O–H groups in total. The molecule has 0 saturated carbocycles. The van der Waals surface area contributed by atoms with E-state index in [9.17, 15) is 14.7 Å². The summed E-state index contributed by atoms with van der Waals surface area (Å²) < 4.78 is 1.49. The van der Waals surface area contributed by atoms with Crippen molar-refractivity contribution in [3.05, 3.63) is 87.8 Å². The number of rotatable bonds is 8. The first-order chi connectivity index (χ1) is 19.8. The van der Waals surface area contributed by atoms with Gasteiger partial charge < -0.3 is 20.8 Å². The number of aliphatic hydroxyl groups excluding tert-OH is 2. The zero-order valence-electron chi connectivity index (χ0n) is 23.9. The van der Waals surface area contributed by atoms with Crippen molar-refractivity contribution >= 4 is 28.4 Å². The topological polar surface area (TPSA) is 116 Å². The van der Waals surface area contributed by atoms with E-state index in [2.05, 4.69) is 55.2 Å². The summed E-state index contributed by atoms with van der Waals surface area (Å²) in [6, 6.07) is 16.4. The predicted octanol–water partition coefficient (Wildman–Crippen LogP) is 5.68. The summed E-state index contributed by atoms with van der Waals surface area (Å²) in [6.45, 7) is 8.15. The molecule has 2 amide bonds. The van der Waals surface area contributed by atoms with Crippen molar-refractivity contribution in [1.82, 2.24) is 9.55 Å². The third-order valence-electron chi connectivity index (χ3n) is 6.87. The van der Waals surface area contributed by atoms with Crippen LogP contribution >= 0.6 is 0 Å². The number of benzene rings is 2. The molecule has 8 nitrogen and oxygen atoms in total. The van der Waals surface area contributed by atoms with E-state index in [1.54, 1.807) is 12.3 Å². The molecule has 4 rings (SSSR count). The highest BCUT2D eigenvalue weighted by molar-refractivity contribution is 6.07. The number of anilines is 2. The first-order valence-electron chi connectivity index (χ1n) is 13.8. The van der Waals surface area contributed by atoms with Gasteiger partial charge in [0.2, 0.25) is 0 Å². The van der Waals surface area contributed by atoms with Crippen LogP contribution in [0.4, 0.5) is 16.2 Å². The number of aliphatic hydroxyl groups is 2. The highest BCUT2D eigenvalue weighted by Crippen LogP contribution is 2.35. The number of fused-ring (bicyclic) bond motifs is 1. The number of para-hydroxylation sites is 1. The van der Waals surface area contributed by atoms with E-state index >= 15 is 0 Å². The van der Waals surface area contributed by atoms with Crippen molar-refractivity contribution in [1.29, 1.82) is 0 Å². The van der Waals surface area contributed by atoms with Gasteiger partial charge in [0.05, 0.1) is 0 Å². The van der Waals surface area contributed by atoms with Crippen LogP contribution in [0.25, 0.3) is 22.2 Å². The van der Waals surface area contributed by atoms with Crippen LogP contribution in [0.5, 0.6) is 0 Å². The van der Waals surface area contributed by atoms with Crippen LogP contribution in [0.2, 0.25) is 0 Å². The number of urea groups is 1. The van der Waals surface area contributed by atoms with E-state index in [-0.39, 0.29) is 37.3 Å². The van der Waals surface area contributed by atoms with Crippen molar-refractivity contribution in [3.63, 3.8) is 0 Å². The Kier molecular flexibility index (Phi) is 9.56. The van der Waals surface area contributed by atoms with Gasteiger partial charge in [0.15, 0.2) is 0 Å². The van der Waals surface area contributed by atoms with Gasteiger partial charge in [-0.3, -0.25) is 9.36 Å². The van der Waals surface area contributed by atoms with Gasteiger partial charge in [-0.1, -0.05) is 69.9 Å². The fourth-order valence-corrected chi connectivity index (χ4v) is 4.98. The highest BCUT2D eigenvalue weighted by Gasteiger charge is 2.22. The van der Waals surface area contributed by atoms with Gasteiger partial charge in [-0.2, -0.15) is 0 Å². The van der Waals surface area contributed by atoms with Crippen LogP contribution in [0.3, 0.4) is 0 Å². The fourth-order valence-electron chi connectivity index (χ4n) is 4.98. The third-order valence-corrected chi connectivity index (χ3v) is 6.87. The third kappa shape index (κ3) is 6.49. The van der Waals surface area contributed by atoms with E-state index in [0.717, 1.165) is 16.8 Å². The molecule has 0 unspecified atom stereocenters. The second kappa shape index (κ2) is 13.3. The van der Waals surface area contributed by atoms with Gasteiger partial charge >= 0.3 is 6.03 Å². The fraction of sp³-hybridized carbons (Fsp3) is 0.303. The van der Waals surface area contributed by atoms with Crippen molar-refractivity contribution in [2.45, 2.75) is 52.5 Å². The number of pyridine rings is 2. The average Bonchev–Trinajstić information content (AvgIpc) is 2.96. The van der Waals surface area contributed by atoms with Gasteiger partial charge in [0.25, 0.3) is 5.56 Å². The molecule has 0 aliphatic rings. The molecule has 0 bridgehead atoms. The zero-order chi connectivity index (χ0) is 29.5. The van der Waals surface area contributed by atoms with Gasteiger partial charge in [0, 0.05) is 41.5 Å². The molecule has 0 radical (unpaired) electrons. The molecule has 41 heavy (non-hydrogen) atoms. The van der Waals surface area contributed by atoms with Crippen LogP contribution in [0.15, 0.2) is 65.6 Å². The summed E-state index contributed by atoms with van der Waals surface area (Å²) in [5.41, 5.74) is 4.70. The molecule has 212 valence electrons. The lowest BCUT2D eigenvalue weighted by Gasteiger charge is -2.21. The Labute approximate surface area is 240 Å². The number of aryl methyl sites for hydroxylation is 1. The van der Waals surface area contributed by atoms with Crippen molar-refractivity contribution < 1.29 is 15.0 Å². The summed E-state index contributed by atoms with van der Waals surface area (Å²) in [7, 11) is 0. The monoisotopic (exact) mass is 552 g/mol. The summed E-state index contributed by atoms with van der Waals surface area (Å²) in [4.78, 5) is 32.2. The van der Waals surface area contributed by atoms with Crippen LogP contribution in [0.1, 0.15) is 62.6 Å². The molecule has 2 heterocycles. The Morgan fingerprint density at radius 2 is 1.63 bits per heavy atom. The standard InChI is InChI=1S/C33H36N4O4/c1-21(2)25-13-6-14-26(22(3)4)29(25)35-33(41)36-30-28(24-12-5-10-23(20-24)11-8-18-38)27-15-7-16-34-31(27)37(32(30)40)17-9-19-39/h5-7,10,12-16,20-22,38-39H,9,17-19H2,1-4H3,(H2,35,36,41). The quantitative estimate of drug-likeness (QED) is 0.210. The molecule has 0 spiro atoms. The summed E-state index contributed by atoms with van der Waals surface area (Å²) >= 11 is 0. The lowest BCUT2D eigenvalue weighted by molar-refractivity contribution is 0.262. The molecule has 8 heteroatoms. The summed E-state index contributed by atoms with van der Waals surface area (Å²) in [5.74, 6) is 5.90. The normalized spacial score (nSPS) is 11.0. The summed E-state index contributed by atoms with van der Waals surface area (Å²) in [5, 5.41) is 25.3. The Bertz CT molecular complexity index is 1650. The summed E-state index contributed by atoms with van der Waals surface area (Å²) in [6.07, 6.45) is 1.96. The lowest BCUT2D eigenvalue weighted by atomic mass is 9.93. The van der Waals surface area contributed by atoms with Crippen LogP contribution in [0, 0.1) is 11.8 Å². The Morgan fingerprint density at radius 3 is 2.29 bits per heavy atom. The molecule has 0 saturated heterocycles. The number of aromatic nitrogens is 2. The second-order valence-corrected chi connectivity index (χ2v) is 10.4. The minimum atomic E-state index is -0.536. The van der Waals surface area contributed by atoms with E-state index < -0.39 is 11.6 Å². The largest absolute Gasteiger partial charge is 0.396 e. The molecular formula is C33H36N4O4. The van der Waals surface area contributed by atoms with Crippen molar-refractivity contribution in [2.75, 3.05) is 23.8 Å². The molecule has 0 aliphatic carbocycles. The Morgan fingerprint density at radius 1 is 0.951 bits per heavy atom. The molecule has 2 aromatic carbocycles. The number of nitrogens with one attached hydrogen (secondary N) is 2. The minimum Gasteiger partial charge on any atom is -0.396 e. The molecule has 4 aromatic rings. The van der Waals surface area contributed by atoms with Crippen molar-refractivity contribution in [3.8, 4) is 23.0 Å². The average molecular weight is 553 g/mol. The van der Waals surface area contributed by atoms with Gasteiger partial charge in [0.1, 0.15) is 17.9 Å². The van der Waals surface area contributed by atoms with Crippen LogP contribution in [-0.2, 0) is 6.54 Å². The molecule has 2 aromatic heterocycles. The number of hydrogen-bond acceptors (Lipinski definition) is 5. The molecule has 0 fully saturated rings. The minimum absolute atomic E-state index is 0.0959. The van der Waals surface area contributed by atoms with E-state index in [0.29, 0.717) is 34.1 Å². The molecule has 0 aliphatic heterocycles. The number of amides is 2. The Balaban J connectivity index is 1.91. The van der Waals surface area contributed by atoms with Gasteiger partial charge in [-0.05, 0) is 59.2 Å². The van der Waals surface area contributed by atoms with E-state index in [1.807, 2.05) is 48.5 Å².